The van der Waals surface area contributed by atoms with E-state index in [9.17, 15) is 14.4 Å². The van der Waals surface area contributed by atoms with E-state index >= 15 is 0 Å². The van der Waals surface area contributed by atoms with E-state index in [1.807, 2.05) is 0 Å². The Morgan fingerprint density at radius 2 is 1.81 bits per heavy atom. The van der Waals surface area contributed by atoms with Crippen LogP contribution in [0.1, 0.15) is 33.6 Å². The fraction of sp³-hybridized carbons (Fsp3) is 0.368. The minimum absolute atomic E-state index is 0.0472. The molecule has 8 heteroatoms. The molecule has 0 bridgehead atoms. The number of aryl methyl sites for hydroxylation is 1. The van der Waals surface area contributed by atoms with Crippen LogP contribution in [0.3, 0.4) is 0 Å². The first-order chi connectivity index (χ1) is 12.9. The van der Waals surface area contributed by atoms with Crippen LogP contribution in [0.15, 0.2) is 36.7 Å². The zero-order chi connectivity index (χ0) is 19.4. The summed E-state index contributed by atoms with van der Waals surface area (Å²) in [7, 11) is 1.73. The first kappa shape index (κ1) is 19.1. The number of carbonyl (C=O) groups is 3. The number of rotatable bonds is 5. The van der Waals surface area contributed by atoms with Gasteiger partial charge < -0.3 is 10.2 Å². The minimum Gasteiger partial charge on any atom is -0.348 e. The lowest BCUT2D eigenvalue weighted by molar-refractivity contribution is -0.126. The van der Waals surface area contributed by atoms with Gasteiger partial charge in [-0.05, 0) is 37.1 Å². The van der Waals surface area contributed by atoms with Crippen molar-refractivity contribution in [3.8, 4) is 0 Å². The Morgan fingerprint density at radius 3 is 2.41 bits per heavy atom. The molecular formula is C19H21ClN4O3. The van der Waals surface area contributed by atoms with E-state index in [0.29, 0.717) is 42.1 Å². The van der Waals surface area contributed by atoms with E-state index in [4.69, 9.17) is 11.6 Å². The summed E-state index contributed by atoms with van der Waals surface area (Å²) in [5.74, 6) is -0.573. The standard InChI is InChI=1S/C19H21ClN4O3/c1-23-12-15(10-22-23)17(25)11-21-18(26)13-6-8-24(9-7-13)19(27)14-2-4-16(20)5-3-14/h2-5,10,12-13H,6-9,11H2,1H3,(H,21,26). The largest absolute Gasteiger partial charge is 0.348 e. The molecule has 0 aliphatic carbocycles. The van der Waals surface area contributed by atoms with Crippen molar-refractivity contribution in [2.45, 2.75) is 12.8 Å². The lowest BCUT2D eigenvalue weighted by Gasteiger charge is -2.31. The minimum atomic E-state index is -0.194. The van der Waals surface area contributed by atoms with Crippen LogP contribution in [0.4, 0.5) is 0 Å². The van der Waals surface area contributed by atoms with Gasteiger partial charge in [0.15, 0.2) is 5.78 Å². The fourth-order valence-corrected chi connectivity index (χ4v) is 3.22. The zero-order valence-corrected chi connectivity index (χ0v) is 15.8. The van der Waals surface area contributed by atoms with Crippen LogP contribution in [-0.4, -0.2) is 51.9 Å². The molecule has 1 aliphatic heterocycles. The molecule has 2 heterocycles. The summed E-state index contributed by atoms with van der Waals surface area (Å²) in [5, 5.41) is 7.23. The molecule has 2 amide bonds. The van der Waals surface area contributed by atoms with E-state index in [-0.39, 0.29) is 30.1 Å². The molecule has 0 spiro atoms. The Balaban J connectivity index is 1.47. The average molecular weight is 389 g/mol. The molecule has 3 rings (SSSR count). The Hall–Kier alpha value is -2.67. The summed E-state index contributed by atoms with van der Waals surface area (Å²) in [6.45, 7) is 0.973. The molecule has 1 aromatic heterocycles. The maximum atomic E-state index is 12.5. The third kappa shape index (κ3) is 4.74. The summed E-state index contributed by atoms with van der Waals surface area (Å²) in [6, 6.07) is 6.78. The van der Waals surface area contributed by atoms with Gasteiger partial charge in [0.1, 0.15) is 0 Å². The fourth-order valence-electron chi connectivity index (χ4n) is 3.10. The van der Waals surface area contributed by atoms with E-state index < -0.39 is 0 Å². The SMILES string of the molecule is Cn1cc(C(=O)CNC(=O)C2CCN(C(=O)c3ccc(Cl)cc3)CC2)cn1. The summed E-state index contributed by atoms with van der Waals surface area (Å²) in [5.41, 5.74) is 1.06. The van der Waals surface area contributed by atoms with E-state index in [0.717, 1.165) is 0 Å². The number of nitrogens with one attached hydrogen (secondary N) is 1. The van der Waals surface area contributed by atoms with Gasteiger partial charge in [0.05, 0.1) is 18.3 Å². The van der Waals surface area contributed by atoms with Crippen molar-refractivity contribution < 1.29 is 14.4 Å². The van der Waals surface area contributed by atoms with E-state index in [2.05, 4.69) is 10.4 Å². The molecular weight excluding hydrogens is 368 g/mol. The molecule has 1 saturated heterocycles. The Morgan fingerprint density at radius 1 is 1.15 bits per heavy atom. The van der Waals surface area contributed by atoms with Crippen molar-refractivity contribution in [2.24, 2.45) is 13.0 Å². The van der Waals surface area contributed by atoms with E-state index in [1.54, 1.807) is 47.1 Å². The van der Waals surface area contributed by atoms with Gasteiger partial charge in [-0.25, -0.2) is 0 Å². The predicted octanol–water partition coefficient (Wildman–Crippen LogP) is 1.92. The normalized spacial score (nSPS) is 14.8. The number of hydrogen-bond acceptors (Lipinski definition) is 4. The second-order valence-corrected chi connectivity index (χ2v) is 7.05. The van der Waals surface area contributed by atoms with Crippen LogP contribution in [-0.2, 0) is 11.8 Å². The Labute approximate surface area is 162 Å². The molecule has 1 fully saturated rings. The van der Waals surface area contributed by atoms with Crippen LogP contribution in [0.25, 0.3) is 0 Å². The van der Waals surface area contributed by atoms with Crippen LogP contribution in [0.2, 0.25) is 5.02 Å². The van der Waals surface area contributed by atoms with Crippen molar-refractivity contribution in [1.29, 1.82) is 0 Å². The predicted molar refractivity (Wildman–Crippen MR) is 101 cm³/mol. The number of carbonyl (C=O) groups excluding carboxylic acids is 3. The highest BCUT2D eigenvalue weighted by atomic mass is 35.5. The second-order valence-electron chi connectivity index (χ2n) is 6.62. The van der Waals surface area contributed by atoms with E-state index in [1.165, 1.54) is 6.20 Å². The molecule has 1 aliphatic rings. The Bertz CT molecular complexity index is 839. The maximum Gasteiger partial charge on any atom is 0.253 e. The van der Waals surface area contributed by atoms with Gasteiger partial charge in [0, 0.05) is 42.8 Å². The molecule has 0 atom stereocenters. The molecule has 0 radical (unpaired) electrons. The topological polar surface area (TPSA) is 84.3 Å². The number of nitrogens with zero attached hydrogens (tertiary/aromatic N) is 3. The zero-order valence-electron chi connectivity index (χ0n) is 15.0. The van der Waals surface area contributed by atoms with Crippen molar-refractivity contribution in [3.05, 3.63) is 52.8 Å². The molecule has 0 saturated carbocycles. The number of halogens is 1. The molecule has 7 nitrogen and oxygen atoms in total. The van der Waals surface area contributed by atoms with Crippen LogP contribution in [0, 0.1) is 5.92 Å². The van der Waals surface area contributed by atoms with Crippen molar-refractivity contribution in [2.75, 3.05) is 19.6 Å². The summed E-state index contributed by atoms with van der Waals surface area (Å²) in [6.07, 6.45) is 4.25. The van der Waals surface area contributed by atoms with Gasteiger partial charge in [-0.3, -0.25) is 19.1 Å². The average Bonchev–Trinajstić information content (AvgIpc) is 3.12. The third-order valence-corrected chi connectivity index (χ3v) is 4.95. The summed E-state index contributed by atoms with van der Waals surface area (Å²) in [4.78, 5) is 38.6. The number of Topliss-reactive ketones (excluding diaryl/α,β-unsaturated/α-hetero) is 1. The molecule has 2 aromatic rings. The first-order valence-corrected chi connectivity index (χ1v) is 9.16. The van der Waals surface area contributed by atoms with Gasteiger partial charge in [0.25, 0.3) is 5.91 Å². The Kier molecular flexibility index (Phi) is 5.91. The van der Waals surface area contributed by atoms with Crippen LogP contribution in [0.5, 0.6) is 0 Å². The van der Waals surface area contributed by atoms with Crippen molar-refractivity contribution in [1.82, 2.24) is 20.0 Å². The third-order valence-electron chi connectivity index (χ3n) is 4.69. The molecule has 1 aromatic carbocycles. The van der Waals surface area contributed by atoms with Gasteiger partial charge in [-0.15, -0.1) is 0 Å². The number of benzene rings is 1. The van der Waals surface area contributed by atoms with Crippen LogP contribution < -0.4 is 5.32 Å². The summed E-state index contributed by atoms with van der Waals surface area (Å²) >= 11 is 5.85. The van der Waals surface area contributed by atoms with Gasteiger partial charge in [-0.2, -0.15) is 5.10 Å². The maximum absolute atomic E-state index is 12.5. The monoisotopic (exact) mass is 388 g/mol. The second kappa shape index (κ2) is 8.35. The molecule has 0 unspecified atom stereocenters. The lowest BCUT2D eigenvalue weighted by Crippen LogP contribution is -2.43. The molecule has 142 valence electrons. The van der Waals surface area contributed by atoms with Gasteiger partial charge in [-0.1, -0.05) is 11.6 Å². The van der Waals surface area contributed by atoms with Gasteiger partial charge in [0.2, 0.25) is 5.91 Å². The first-order valence-electron chi connectivity index (χ1n) is 8.78. The number of ketones is 1. The van der Waals surface area contributed by atoms with Gasteiger partial charge >= 0.3 is 0 Å². The molecule has 1 N–H and O–H groups in total. The number of piperidine rings is 1. The molecule has 27 heavy (non-hydrogen) atoms. The van der Waals surface area contributed by atoms with Crippen molar-refractivity contribution >= 4 is 29.2 Å². The lowest BCUT2D eigenvalue weighted by atomic mass is 9.95. The highest BCUT2D eigenvalue weighted by Gasteiger charge is 2.28. The number of amides is 2. The summed E-state index contributed by atoms with van der Waals surface area (Å²) < 4.78 is 1.54. The van der Waals surface area contributed by atoms with Crippen molar-refractivity contribution in [3.63, 3.8) is 0 Å². The van der Waals surface area contributed by atoms with Crippen LogP contribution >= 0.6 is 11.6 Å². The highest BCUT2D eigenvalue weighted by molar-refractivity contribution is 6.30. The quantitative estimate of drug-likeness (QED) is 0.793. The number of aromatic nitrogens is 2. The smallest absolute Gasteiger partial charge is 0.253 e. The highest BCUT2D eigenvalue weighted by Crippen LogP contribution is 2.20. The number of likely N-dealkylation sites (tertiary alicyclic amines) is 1. The number of hydrogen-bond donors (Lipinski definition) is 1.